The number of primary amides is 1. The first-order valence-electron chi connectivity index (χ1n) is 7.85. The van der Waals surface area contributed by atoms with Crippen LogP contribution in [0.1, 0.15) is 18.9 Å². The number of pyridine rings is 1. The SMILES string of the molecule is CC(CC(O)CN1CCN(Cc2cccnc2)CC1)C(N)=O. The number of nitrogens with zero attached hydrogens (tertiary/aromatic N) is 3. The summed E-state index contributed by atoms with van der Waals surface area (Å²) in [6, 6.07) is 4.05. The third-order valence-corrected chi connectivity index (χ3v) is 4.17. The molecule has 2 atom stereocenters. The number of carbonyl (C=O) groups excluding carboxylic acids is 1. The van der Waals surface area contributed by atoms with Crippen LogP contribution in [0.4, 0.5) is 0 Å². The van der Waals surface area contributed by atoms with Crippen LogP contribution in [0, 0.1) is 5.92 Å². The minimum absolute atomic E-state index is 0.276. The summed E-state index contributed by atoms with van der Waals surface area (Å²) in [5.41, 5.74) is 6.46. The molecule has 1 aromatic rings. The molecule has 0 spiro atoms. The fourth-order valence-electron chi connectivity index (χ4n) is 2.78. The van der Waals surface area contributed by atoms with Crippen molar-refractivity contribution in [3.63, 3.8) is 0 Å². The fourth-order valence-corrected chi connectivity index (χ4v) is 2.78. The van der Waals surface area contributed by atoms with Gasteiger partial charge in [-0.3, -0.25) is 19.6 Å². The Balaban J connectivity index is 1.69. The molecule has 0 bridgehead atoms. The first-order chi connectivity index (χ1) is 10.5. The van der Waals surface area contributed by atoms with E-state index in [1.54, 1.807) is 13.1 Å². The monoisotopic (exact) mass is 306 g/mol. The first kappa shape index (κ1) is 16.9. The number of aromatic nitrogens is 1. The second-order valence-electron chi connectivity index (χ2n) is 6.13. The Bertz CT molecular complexity index is 460. The predicted octanol–water partition coefficient (Wildman–Crippen LogP) is 0.0716. The van der Waals surface area contributed by atoms with E-state index in [1.807, 2.05) is 12.3 Å². The standard InChI is InChI=1S/C16H26N4O2/c1-13(16(17)22)9-15(21)12-20-7-5-19(6-8-20)11-14-3-2-4-18-10-14/h2-4,10,13,15,21H,5-9,11-12H2,1H3,(H2,17,22). The molecule has 1 fully saturated rings. The number of amides is 1. The fraction of sp³-hybridized carbons (Fsp3) is 0.625. The maximum absolute atomic E-state index is 11.0. The van der Waals surface area contributed by atoms with E-state index >= 15 is 0 Å². The maximum Gasteiger partial charge on any atom is 0.220 e. The largest absolute Gasteiger partial charge is 0.392 e. The number of aliphatic hydroxyl groups is 1. The molecule has 6 nitrogen and oxygen atoms in total. The molecule has 2 heterocycles. The molecule has 0 radical (unpaired) electrons. The van der Waals surface area contributed by atoms with Gasteiger partial charge in [-0.1, -0.05) is 13.0 Å². The molecule has 3 N–H and O–H groups in total. The topological polar surface area (TPSA) is 82.7 Å². The second kappa shape index (κ2) is 8.22. The average Bonchev–Trinajstić information content (AvgIpc) is 2.50. The zero-order chi connectivity index (χ0) is 15.9. The summed E-state index contributed by atoms with van der Waals surface area (Å²) in [5, 5.41) is 10.1. The lowest BCUT2D eigenvalue weighted by molar-refractivity contribution is -0.122. The molecule has 6 heteroatoms. The predicted molar refractivity (Wildman–Crippen MR) is 84.9 cm³/mol. The molecule has 0 aliphatic carbocycles. The summed E-state index contributed by atoms with van der Waals surface area (Å²) in [7, 11) is 0. The van der Waals surface area contributed by atoms with Crippen molar-refractivity contribution < 1.29 is 9.90 Å². The highest BCUT2D eigenvalue weighted by molar-refractivity contribution is 5.76. The average molecular weight is 306 g/mol. The van der Waals surface area contributed by atoms with Crippen molar-refractivity contribution in [3.05, 3.63) is 30.1 Å². The summed E-state index contributed by atoms with van der Waals surface area (Å²) >= 11 is 0. The van der Waals surface area contributed by atoms with E-state index in [2.05, 4.69) is 20.9 Å². The van der Waals surface area contributed by atoms with Gasteiger partial charge in [0.25, 0.3) is 0 Å². The lowest BCUT2D eigenvalue weighted by Crippen LogP contribution is -2.48. The number of aliphatic hydroxyl groups excluding tert-OH is 1. The van der Waals surface area contributed by atoms with Gasteiger partial charge in [0.2, 0.25) is 5.91 Å². The zero-order valence-electron chi connectivity index (χ0n) is 13.2. The van der Waals surface area contributed by atoms with Crippen molar-refractivity contribution in [3.8, 4) is 0 Å². The van der Waals surface area contributed by atoms with E-state index in [-0.39, 0.29) is 11.8 Å². The molecule has 1 amide bonds. The third-order valence-electron chi connectivity index (χ3n) is 4.17. The normalized spacial score (nSPS) is 19.7. The molecule has 1 aliphatic rings. The first-order valence-corrected chi connectivity index (χ1v) is 7.85. The van der Waals surface area contributed by atoms with Crippen LogP contribution in [-0.4, -0.2) is 64.6 Å². The molecular weight excluding hydrogens is 280 g/mol. The van der Waals surface area contributed by atoms with Gasteiger partial charge in [-0.05, 0) is 18.1 Å². The van der Waals surface area contributed by atoms with Crippen LogP contribution in [0.5, 0.6) is 0 Å². The highest BCUT2D eigenvalue weighted by atomic mass is 16.3. The Morgan fingerprint density at radius 3 is 2.64 bits per heavy atom. The van der Waals surface area contributed by atoms with Crippen LogP contribution >= 0.6 is 0 Å². The summed E-state index contributed by atoms with van der Waals surface area (Å²) in [6.45, 7) is 7.11. The van der Waals surface area contributed by atoms with Crippen molar-refractivity contribution in [2.24, 2.45) is 11.7 Å². The molecule has 1 aromatic heterocycles. The second-order valence-corrected chi connectivity index (χ2v) is 6.13. The van der Waals surface area contributed by atoms with Crippen LogP contribution in [-0.2, 0) is 11.3 Å². The number of β-amino-alcohol motifs (C(OH)–C–C–N with tert-alkyl or cyclic N) is 1. The van der Waals surface area contributed by atoms with E-state index < -0.39 is 6.10 Å². The lowest BCUT2D eigenvalue weighted by atomic mass is 10.0. The van der Waals surface area contributed by atoms with Gasteiger partial charge in [-0.25, -0.2) is 0 Å². The molecule has 22 heavy (non-hydrogen) atoms. The smallest absolute Gasteiger partial charge is 0.220 e. The molecule has 122 valence electrons. The van der Waals surface area contributed by atoms with Gasteiger partial charge in [-0.2, -0.15) is 0 Å². The Hall–Kier alpha value is -1.50. The number of nitrogens with two attached hydrogens (primary N) is 1. The van der Waals surface area contributed by atoms with Gasteiger partial charge >= 0.3 is 0 Å². The van der Waals surface area contributed by atoms with Gasteiger partial charge in [0.15, 0.2) is 0 Å². The quantitative estimate of drug-likeness (QED) is 0.745. The van der Waals surface area contributed by atoms with Crippen LogP contribution in [0.25, 0.3) is 0 Å². The number of carbonyl (C=O) groups is 1. The van der Waals surface area contributed by atoms with E-state index in [9.17, 15) is 9.90 Å². The van der Waals surface area contributed by atoms with Crippen molar-refractivity contribution in [1.82, 2.24) is 14.8 Å². The Morgan fingerprint density at radius 2 is 2.05 bits per heavy atom. The van der Waals surface area contributed by atoms with Crippen LogP contribution in [0.15, 0.2) is 24.5 Å². The third kappa shape index (κ3) is 5.36. The van der Waals surface area contributed by atoms with Crippen molar-refractivity contribution >= 4 is 5.91 Å². The molecule has 0 aromatic carbocycles. The Labute approximate surface area is 131 Å². The Kier molecular flexibility index (Phi) is 6.30. The highest BCUT2D eigenvalue weighted by Crippen LogP contribution is 2.11. The molecule has 1 saturated heterocycles. The van der Waals surface area contributed by atoms with Gasteiger partial charge in [0.05, 0.1) is 6.10 Å². The number of piperazine rings is 1. The molecule has 2 rings (SSSR count). The minimum Gasteiger partial charge on any atom is -0.392 e. The number of hydrogen-bond donors (Lipinski definition) is 2. The van der Waals surface area contributed by atoms with Crippen LogP contribution in [0.2, 0.25) is 0 Å². The van der Waals surface area contributed by atoms with Crippen LogP contribution in [0.3, 0.4) is 0 Å². The number of rotatable bonds is 7. The minimum atomic E-state index is -0.493. The van der Waals surface area contributed by atoms with Gasteiger partial charge in [-0.15, -0.1) is 0 Å². The van der Waals surface area contributed by atoms with Gasteiger partial charge in [0.1, 0.15) is 0 Å². The van der Waals surface area contributed by atoms with Gasteiger partial charge < -0.3 is 10.8 Å². The van der Waals surface area contributed by atoms with Crippen LogP contribution < -0.4 is 5.73 Å². The van der Waals surface area contributed by atoms with Crippen molar-refractivity contribution in [1.29, 1.82) is 0 Å². The summed E-state index contributed by atoms with van der Waals surface area (Å²) in [4.78, 5) is 19.8. The van der Waals surface area contributed by atoms with Crippen molar-refractivity contribution in [2.45, 2.75) is 26.0 Å². The zero-order valence-corrected chi connectivity index (χ0v) is 13.2. The highest BCUT2D eigenvalue weighted by Gasteiger charge is 2.21. The van der Waals surface area contributed by atoms with Gasteiger partial charge in [0, 0.05) is 57.6 Å². The maximum atomic E-state index is 11.0. The number of hydrogen-bond acceptors (Lipinski definition) is 5. The van der Waals surface area contributed by atoms with E-state index in [0.29, 0.717) is 13.0 Å². The van der Waals surface area contributed by atoms with E-state index in [4.69, 9.17) is 5.73 Å². The lowest BCUT2D eigenvalue weighted by Gasteiger charge is -2.35. The van der Waals surface area contributed by atoms with E-state index in [0.717, 1.165) is 32.7 Å². The summed E-state index contributed by atoms with van der Waals surface area (Å²) in [6.07, 6.45) is 3.63. The summed E-state index contributed by atoms with van der Waals surface area (Å²) < 4.78 is 0. The van der Waals surface area contributed by atoms with E-state index in [1.165, 1.54) is 5.56 Å². The molecule has 2 unspecified atom stereocenters. The summed E-state index contributed by atoms with van der Waals surface area (Å²) in [5.74, 6) is -0.623. The molecule has 0 saturated carbocycles. The van der Waals surface area contributed by atoms with Crippen molar-refractivity contribution in [2.75, 3.05) is 32.7 Å². The Morgan fingerprint density at radius 1 is 1.36 bits per heavy atom. The molecule has 1 aliphatic heterocycles. The molecular formula is C16H26N4O2.